The van der Waals surface area contributed by atoms with Crippen LogP contribution >= 0.6 is 23.2 Å². The van der Waals surface area contributed by atoms with Crippen molar-refractivity contribution < 1.29 is 8.78 Å². The minimum Gasteiger partial charge on any atom is -0.375 e. The first-order valence-electron chi connectivity index (χ1n) is 5.64. The van der Waals surface area contributed by atoms with E-state index >= 15 is 0 Å². The molecule has 2 aromatic carbocycles. The second-order valence-electron chi connectivity index (χ2n) is 4.13. The van der Waals surface area contributed by atoms with Crippen molar-refractivity contribution in [3.8, 4) is 0 Å². The highest BCUT2D eigenvalue weighted by Crippen LogP contribution is 2.31. The molecule has 5 heteroatoms. The number of benzene rings is 2. The van der Waals surface area contributed by atoms with Crippen molar-refractivity contribution in [3.05, 3.63) is 63.6 Å². The van der Waals surface area contributed by atoms with E-state index < -0.39 is 11.6 Å². The Bertz CT molecular complexity index is 579. The standard InChI is InChI=1S/C14H11Cl2F2N/c1-8(10-4-2-3-5-11(10)15)19-14-12(16)6-9(17)7-13(14)18/h2-8,19H,1H3. The molecule has 0 bridgehead atoms. The summed E-state index contributed by atoms with van der Waals surface area (Å²) in [6.07, 6.45) is 0. The lowest BCUT2D eigenvalue weighted by molar-refractivity contribution is 0.584. The summed E-state index contributed by atoms with van der Waals surface area (Å²) < 4.78 is 26.6. The molecule has 19 heavy (non-hydrogen) atoms. The van der Waals surface area contributed by atoms with Gasteiger partial charge in [0.1, 0.15) is 5.82 Å². The summed E-state index contributed by atoms with van der Waals surface area (Å²) in [7, 11) is 0. The van der Waals surface area contributed by atoms with Crippen molar-refractivity contribution in [2.75, 3.05) is 5.32 Å². The monoisotopic (exact) mass is 301 g/mol. The number of hydrogen-bond donors (Lipinski definition) is 1. The van der Waals surface area contributed by atoms with Crippen LogP contribution in [0.25, 0.3) is 0 Å². The molecule has 1 N–H and O–H groups in total. The van der Waals surface area contributed by atoms with E-state index in [9.17, 15) is 8.78 Å². The van der Waals surface area contributed by atoms with E-state index in [4.69, 9.17) is 23.2 Å². The highest BCUT2D eigenvalue weighted by Gasteiger charge is 2.15. The molecule has 0 heterocycles. The molecule has 0 spiro atoms. The lowest BCUT2D eigenvalue weighted by Crippen LogP contribution is -2.09. The molecule has 0 fully saturated rings. The molecule has 0 aliphatic rings. The molecule has 1 atom stereocenters. The minimum atomic E-state index is -0.732. The Morgan fingerprint density at radius 3 is 2.37 bits per heavy atom. The predicted molar refractivity (Wildman–Crippen MR) is 74.9 cm³/mol. The quantitative estimate of drug-likeness (QED) is 0.795. The van der Waals surface area contributed by atoms with E-state index in [0.717, 1.165) is 17.7 Å². The summed E-state index contributed by atoms with van der Waals surface area (Å²) in [6.45, 7) is 1.82. The van der Waals surface area contributed by atoms with Gasteiger partial charge in [-0.1, -0.05) is 41.4 Å². The molecule has 2 rings (SSSR count). The van der Waals surface area contributed by atoms with Gasteiger partial charge in [-0.05, 0) is 24.6 Å². The van der Waals surface area contributed by atoms with Gasteiger partial charge in [0.05, 0.1) is 16.8 Å². The predicted octanol–water partition coefficient (Wildman–Crippen LogP) is 5.44. The molecule has 100 valence electrons. The van der Waals surface area contributed by atoms with Gasteiger partial charge >= 0.3 is 0 Å². The molecule has 0 aliphatic carbocycles. The van der Waals surface area contributed by atoms with Crippen molar-refractivity contribution in [1.29, 1.82) is 0 Å². The Balaban J connectivity index is 2.29. The molecule has 1 unspecified atom stereocenters. The Kier molecular flexibility index (Phi) is 4.27. The molecular weight excluding hydrogens is 291 g/mol. The van der Waals surface area contributed by atoms with Crippen LogP contribution in [0.1, 0.15) is 18.5 Å². The van der Waals surface area contributed by atoms with Gasteiger partial charge in [-0.3, -0.25) is 0 Å². The maximum absolute atomic E-state index is 13.7. The first-order chi connectivity index (χ1) is 8.99. The van der Waals surface area contributed by atoms with Crippen LogP contribution in [0.2, 0.25) is 10.0 Å². The normalized spacial score (nSPS) is 12.3. The molecule has 0 saturated carbocycles. The number of hydrogen-bond acceptors (Lipinski definition) is 1. The van der Waals surface area contributed by atoms with Gasteiger partial charge in [0.25, 0.3) is 0 Å². The fourth-order valence-corrected chi connectivity index (χ4v) is 2.35. The highest BCUT2D eigenvalue weighted by atomic mass is 35.5. The average molecular weight is 302 g/mol. The summed E-state index contributed by atoms with van der Waals surface area (Å²) in [5.41, 5.74) is 0.874. The van der Waals surface area contributed by atoms with Gasteiger partial charge in [0.15, 0.2) is 5.82 Å². The summed E-state index contributed by atoms with van der Waals surface area (Å²) in [5.74, 6) is -1.44. The highest BCUT2D eigenvalue weighted by molar-refractivity contribution is 6.33. The van der Waals surface area contributed by atoms with E-state index in [2.05, 4.69) is 5.32 Å². The van der Waals surface area contributed by atoms with Crippen molar-refractivity contribution in [1.82, 2.24) is 0 Å². The number of nitrogens with one attached hydrogen (secondary N) is 1. The summed E-state index contributed by atoms with van der Waals surface area (Å²) in [5, 5.41) is 3.47. The maximum atomic E-state index is 13.7. The summed E-state index contributed by atoms with van der Waals surface area (Å²) >= 11 is 11.9. The van der Waals surface area contributed by atoms with Crippen molar-refractivity contribution in [3.63, 3.8) is 0 Å². The zero-order valence-electron chi connectivity index (χ0n) is 10.1. The van der Waals surface area contributed by atoms with Crippen LogP contribution in [0.4, 0.5) is 14.5 Å². The van der Waals surface area contributed by atoms with Crippen molar-refractivity contribution in [2.45, 2.75) is 13.0 Å². The molecule has 2 aromatic rings. The average Bonchev–Trinajstić information content (AvgIpc) is 2.34. The topological polar surface area (TPSA) is 12.0 Å². The Morgan fingerprint density at radius 1 is 1.05 bits per heavy atom. The first-order valence-corrected chi connectivity index (χ1v) is 6.40. The van der Waals surface area contributed by atoms with E-state index in [0.29, 0.717) is 5.02 Å². The van der Waals surface area contributed by atoms with Crippen LogP contribution in [0.5, 0.6) is 0 Å². The third kappa shape index (κ3) is 3.17. The fraction of sp³-hybridized carbons (Fsp3) is 0.143. The lowest BCUT2D eigenvalue weighted by atomic mass is 10.1. The van der Waals surface area contributed by atoms with Crippen LogP contribution in [-0.2, 0) is 0 Å². The smallest absolute Gasteiger partial charge is 0.150 e. The molecule has 1 nitrogen and oxygen atoms in total. The third-order valence-electron chi connectivity index (χ3n) is 2.74. The first kappa shape index (κ1) is 14.1. The van der Waals surface area contributed by atoms with E-state index in [1.165, 1.54) is 0 Å². The Hall–Kier alpha value is -1.32. The lowest BCUT2D eigenvalue weighted by Gasteiger charge is -2.18. The van der Waals surface area contributed by atoms with Crippen molar-refractivity contribution >= 4 is 28.9 Å². The molecule has 0 amide bonds. The third-order valence-corrected chi connectivity index (χ3v) is 3.38. The molecular formula is C14H11Cl2F2N. The molecule has 0 aromatic heterocycles. The van der Waals surface area contributed by atoms with Crippen LogP contribution in [0.15, 0.2) is 36.4 Å². The fourth-order valence-electron chi connectivity index (χ4n) is 1.80. The van der Waals surface area contributed by atoms with E-state index in [1.807, 2.05) is 25.1 Å². The largest absolute Gasteiger partial charge is 0.375 e. The van der Waals surface area contributed by atoms with Crippen molar-refractivity contribution in [2.24, 2.45) is 0 Å². The SMILES string of the molecule is CC(Nc1c(F)cc(F)cc1Cl)c1ccccc1Cl. The Morgan fingerprint density at radius 2 is 1.74 bits per heavy atom. The van der Waals surface area contributed by atoms with Crippen LogP contribution < -0.4 is 5.32 Å². The molecule has 0 aliphatic heterocycles. The number of anilines is 1. The van der Waals surface area contributed by atoms with Gasteiger partial charge in [0.2, 0.25) is 0 Å². The maximum Gasteiger partial charge on any atom is 0.150 e. The Labute approximate surface area is 120 Å². The van der Waals surface area contributed by atoms with Gasteiger partial charge < -0.3 is 5.32 Å². The molecule has 0 saturated heterocycles. The van der Waals surface area contributed by atoms with E-state index in [1.54, 1.807) is 6.07 Å². The summed E-state index contributed by atoms with van der Waals surface area (Å²) in [6, 6.07) is 8.81. The van der Waals surface area contributed by atoms with Gasteiger partial charge in [0, 0.05) is 11.1 Å². The van der Waals surface area contributed by atoms with E-state index in [-0.39, 0.29) is 16.8 Å². The number of rotatable bonds is 3. The number of halogens is 4. The van der Waals surface area contributed by atoms with Crippen LogP contribution in [0.3, 0.4) is 0 Å². The van der Waals surface area contributed by atoms with Gasteiger partial charge in [-0.2, -0.15) is 0 Å². The second kappa shape index (κ2) is 5.76. The zero-order valence-corrected chi connectivity index (χ0v) is 11.6. The molecule has 0 radical (unpaired) electrons. The minimum absolute atomic E-state index is 0.00333. The van der Waals surface area contributed by atoms with Gasteiger partial charge in [-0.15, -0.1) is 0 Å². The van der Waals surface area contributed by atoms with Crippen LogP contribution in [-0.4, -0.2) is 0 Å². The zero-order chi connectivity index (χ0) is 14.0. The van der Waals surface area contributed by atoms with Crippen LogP contribution in [0, 0.1) is 11.6 Å². The summed E-state index contributed by atoms with van der Waals surface area (Å²) in [4.78, 5) is 0. The second-order valence-corrected chi connectivity index (χ2v) is 4.95. The van der Waals surface area contributed by atoms with Gasteiger partial charge in [-0.25, -0.2) is 8.78 Å².